The van der Waals surface area contributed by atoms with Gasteiger partial charge in [0.1, 0.15) is 17.9 Å². The zero-order chi connectivity index (χ0) is 35.0. The van der Waals surface area contributed by atoms with Gasteiger partial charge in [-0.1, -0.05) is 179 Å². The molecule has 6 heteroatoms. The van der Waals surface area contributed by atoms with E-state index in [1.807, 2.05) is 48.5 Å². The highest BCUT2D eigenvalue weighted by Crippen LogP contribution is 2.26. The molecule has 6 nitrogen and oxygen atoms in total. The maximum Gasteiger partial charge on any atom is 0.233 e. The van der Waals surface area contributed by atoms with E-state index >= 15 is 0 Å². The molecule has 0 fully saturated rings. The molecule has 0 saturated heterocycles. The summed E-state index contributed by atoms with van der Waals surface area (Å²) >= 11 is 0. The summed E-state index contributed by atoms with van der Waals surface area (Å²) in [5, 5.41) is 5.72. The van der Waals surface area contributed by atoms with Crippen molar-refractivity contribution in [2.45, 2.75) is 174 Å². The van der Waals surface area contributed by atoms with E-state index in [0.29, 0.717) is 36.1 Å². The summed E-state index contributed by atoms with van der Waals surface area (Å²) in [6.07, 6.45) is 30.9. The summed E-state index contributed by atoms with van der Waals surface area (Å²) in [6.45, 7) is 5.76. The van der Waals surface area contributed by atoms with Crippen molar-refractivity contribution in [3.05, 3.63) is 48.5 Å². The number of hydrogen-bond acceptors (Lipinski definition) is 4. The molecule has 0 aromatic heterocycles. The average Bonchev–Trinajstić information content (AvgIpc) is 3.10. The fourth-order valence-electron chi connectivity index (χ4n) is 6.18. The molecule has 0 atom stereocenters. The van der Waals surface area contributed by atoms with Crippen molar-refractivity contribution >= 4 is 23.2 Å². The third-order valence-corrected chi connectivity index (χ3v) is 9.15. The van der Waals surface area contributed by atoms with E-state index in [1.165, 1.54) is 128 Å². The summed E-state index contributed by atoms with van der Waals surface area (Å²) in [4.78, 5) is 25.6. The van der Waals surface area contributed by atoms with Crippen molar-refractivity contribution < 1.29 is 19.1 Å². The number of amides is 2. The zero-order valence-electron chi connectivity index (χ0n) is 31.3. The van der Waals surface area contributed by atoms with Crippen LogP contribution in [0, 0.1) is 0 Å². The Labute approximate surface area is 299 Å². The van der Waals surface area contributed by atoms with E-state index in [9.17, 15) is 9.59 Å². The Morgan fingerprint density at radius 1 is 0.429 bits per heavy atom. The average molecular weight is 679 g/mol. The Morgan fingerprint density at radius 3 is 1.04 bits per heavy atom. The van der Waals surface area contributed by atoms with Gasteiger partial charge in [-0.2, -0.15) is 0 Å². The molecule has 2 N–H and O–H groups in total. The van der Waals surface area contributed by atoms with Crippen LogP contribution in [0.15, 0.2) is 48.5 Å². The predicted molar refractivity (Wildman–Crippen MR) is 208 cm³/mol. The van der Waals surface area contributed by atoms with Crippen LogP contribution in [0.25, 0.3) is 0 Å². The number of unbranched alkanes of at least 4 members (excludes halogenated alkanes) is 22. The first-order valence-corrected chi connectivity index (χ1v) is 20.2. The van der Waals surface area contributed by atoms with Gasteiger partial charge in [0.25, 0.3) is 0 Å². The highest BCUT2D eigenvalue weighted by atomic mass is 16.5. The van der Waals surface area contributed by atoms with E-state index < -0.39 is 0 Å². The van der Waals surface area contributed by atoms with Gasteiger partial charge in [0.05, 0.1) is 24.6 Å². The quantitative estimate of drug-likeness (QED) is 0.0596. The number of carbonyl (C=O) groups excluding carboxylic acids is 2. The lowest BCUT2D eigenvalue weighted by Crippen LogP contribution is -2.22. The van der Waals surface area contributed by atoms with Crippen LogP contribution in [0.1, 0.15) is 174 Å². The van der Waals surface area contributed by atoms with Gasteiger partial charge in [-0.3, -0.25) is 9.59 Å². The van der Waals surface area contributed by atoms with Crippen molar-refractivity contribution in [1.29, 1.82) is 0 Å². The molecule has 2 amide bonds. The zero-order valence-corrected chi connectivity index (χ0v) is 31.3. The summed E-state index contributed by atoms with van der Waals surface area (Å²) < 4.78 is 12.0. The minimum atomic E-state index is -0.381. The second-order valence-electron chi connectivity index (χ2n) is 13.7. The van der Waals surface area contributed by atoms with E-state index in [0.717, 1.165) is 25.7 Å². The standard InChI is InChI=1S/C43H70N2O4/c1-3-5-7-9-11-13-15-17-19-21-23-29-35-48-40-33-27-25-31-38(40)44-42(46)37-43(47)45-39-32-26-28-34-41(39)49-36-30-24-22-20-18-16-14-12-10-8-6-4-2/h25-28,31-34H,3-24,29-30,35-37H2,1-2H3,(H,44,46)(H,45,47). The molecule has 49 heavy (non-hydrogen) atoms. The SMILES string of the molecule is CCCCCCCCCCCCCCOc1ccccc1NC(=O)CC(=O)Nc1ccccc1OCCCCCCCCCCCCCC. The molecular weight excluding hydrogens is 608 g/mol. The Bertz CT molecular complexity index is 1020. The number of carbonyl (C=O) groups is 2. The number of benzene rings is 2. The predicted octanol–water partition coefficient (Wildman–Crippen LogP) is 12.8. The smallest absolute Gasteiger partial charge is 0.233 e. The van der Waals surface area contributed by atoms with Gasteiger partial charge in [0, 0.05) is 0 Å². The molecule has 2 aromatic rings. The fraction of sp³-hybridized carbons (Fsp3) is 0.674. The molecule has 0 radical (unpaired) electrons. The first-order valence-electron chi connectivity index (χ1n) is 20.2. The lowest BCUT2D eigenvalue weighted by atomic mass is 10.1. The van der Waals surface area contributed by atoms with Crippen LogP contribution in [0.3, 0.4) is 0 Å². The number of ether oxygens (including phenoxy) is 2. The number of hydrogen-bond donors (Lipinski definition) is 2. The summed E-state index contributed by atoms with van der Waals surface area (Å²) in [5.41, 5.74) is 1.18. The molecular formula is C43H70N2O4. The molecule has 0 aliphatic rings. The van der Waals surface area contributed by atoms with Gasteiger partial charge in [-0.05, 0) is 37.1 Å². The number of nitrogens with one attached hydrogen (secondary N) is 2. The molecule has 2 rings (SSSR count). The van der Waals surface area contributed by atoms with E-state index in [4.69, 9.17) is 9.47 Å². The van der Waals surface area contributed by atoms with Gasteiger partial charge >= 0.3 is 0 Å². The highest BCUT2D eigenvalue weighted by Gasteiger charge is 2.14. The molecule has 0 unspecified atom stereocenters. The minimum absolute atomic E-state index is 0.292. The second kappa shape index (κ2) is 29.9. The van der Waals surface area contributed by atoms with Gasteiger partial charge in [-0.15, -0.1) is 0 Å². The monoisotopic (exact) mass is 679 g/mol. The molecule has 0 saturated carbocycles. The normalized spacial score (nSPS) is 11.0. The van der Waals surface area contributed by atoms with Gasteiger partial charge in [0.2, 0.25) is 11.8 Å². The molecule has 2 aromatic carbocycles. The van der Waals surface area contributed by atoms with Crippen LogP contribution >= 0.6 is 0 Å². The Balaban J connectivity index is 1.59. The number of anilines is 2. The summed E-state index contributed by atoms with van der Waals surface area (Å²) in [7, 11) is 0. The number of rotatable bonds is 32. The van der Waals surface area contributed by atoms with Gasteiger partial charge in [0.15, 0.2) is 0 Å². The first kappa shape index (κ1) is 42.1. The lowest BCUT2D eigenvalue weighted by molar-refractivity contribution is -0.123. The van der Waals surface area contributed by atoms with Gasteiger partial charge in [-0.25, -0.2) is 0 Å². The second-order valence-corrected chi connectivity index (χ2v) is 13.7. The molecule has 0 spiro atoms. The van der Waals surface area contributed by atoms with Crippen molar-refractivity contribution in [2.24, 2.45) is 0 Å². The highest BCUT2D eigenvalue weighted by molar-refractivity contribution is 6.08. The molecule has 0 aliphatic carbocycles. The van der Waals surface area contributed by atoms with E-state index in [2.05, 4.69) is 24.5 Å². The molecule has 0 bridgehead atoms. The Kier molecular flexibility index (Phi) is 25.7. The van der Waals surface area contributed by atoms with Crippen LogP contribution < -0.4 is 20.1 Å². The largest absolute Gasteiger partial charge is 0.491 e. The summed E-state index contributed by atoms with van der Waals surface area (Å²) in [5.74, 6) is 0.509. The van der Waals surface area contributed by atoms with Crippen LogP contribution in [0.5, 0.6) is 11.5 Å². The summed E-state index contributed by atoms with van der Waals surface area (Å²) in [6, 6.07) is 14.9. The minimum Gasteiger partial charge on any atom is -0.491 e. The lowest BCUT2D eigenvalue weighted by Gasteiger charge is -2.14. The fourth-order valence-corrected chi connectivity index (χ4v) is 6.18. The van der Waals surface area contributed by atoms with Crippen LogP contribution in [-0.2, 0) is 9.59 Å². The van der Waals surface area contributed by atoms with Crippen LogP contribution in [-0.4, -0.2) is 25.0 Å². The maximum absolute atomic E-state index is 12.8. The topological polar surface area (TPSA) is 76.7 Å². The third kappa shape index (κ3) is 22.3. The van der Waals surface area contributed by atoms with Gasteiger partial charge < -0.3 is 20.1 Å². The van der Waals surface area contributed by atoms with Crippen molar-refractivity contribution in [1.82, 2.24) is 0 Å². The first-order chi connectivity index (χ1) is 24.1. The van der Waals surface area contributed by atoms with Crippen molar-refractivity contribution in [3.63, 3.8) is 0 Å². The van der Waals surface area contributed by atoms with Crippen LogP contribution in [0.2, 0.25) is 0 Å². The van der Waals surface area contributed by atoms with E-state index in [-0.39, 0.29) is 18.2 Å². The third-order valence-electron chi connectivity index (χ3n) is 9.15. The van der Waals surface area contributed by atoms with Crippen LogP contribution in [0.4, 0.5) is 11.4 Å². The molecule has 0 heterocycles. The van der Waals surface area contributed by atoms with E-state index in [1.54, 1.807) is 0 Å². The van der Waals surface area contributed by atoms with Crippen molar-refractivity contribution in [3.8, 4) is 11.5 Å². The Morgan fingerprint density at radius 2 is 0.714 bits per heavy atom. The molecule has 0 aliphatic heterocycles. The maximum atomic E-state index is 12.8. The van der Waals surface area contributed by atoms with Crippen molar-refractivity contribution in [2.75, 3.05) is 23.8 Å². The molecule has 276 valence electrons. The number of para-hydroxylation sites is 4. The Hall–Kier alpha value is -3.02.